The molecule has 2 unspecified atom stereocenters. The Bertz CT molecular complexity index is 679. The molecule has 3 nitrogen and oxygen atoms in total. The third-order valence-corrected chi connectivity index (χ3v) is 4.71. The first kappa shape index (κ1) is 19.9. The molecule has 0 aliphatic heterocycles. The minimum Gasteiger partial charge on any atom is -0.466 e. The van der Waals surface area contributed by atoms with Crippen LogP contribution in [0.15, 0.2) is 60.7 Å². The van der Waals surface area contributed by atoms with Crippen LogP contribution in [0.2, 0.25) is 0 Å². The quantitative estimate of drug-likeness (QED) is 0.585. The normalized spacial score (nSPS) is 13.0. The highest BCUT2D eigenvalue weighted by molar-refractivity contribution is 5.78. The first-order valence-corrected chi connectivity index (χ1v) is 9.35. The third kappa shape index (κ3) is 6.47. The number of carbonyl (C=O) groups excluding carboxylic acids is 2. The van der Waals surface area contributed by atoms with Gasteiger partial charge in [-0.25, -0.2) is 0 Å². The Morgan fingerprint density at radius 2 is 1.27 bits per heavy atom. The summed E-state index contributed by atoms with van der Waals surface area (Å²) in [7, 11) is 0. The highest BCUT2D eigenvalue weighted by atomic mass is 16.5. The van der Waals surface area contributed by atoms with Crippen molar-refractivity contribution in [3.63, 3.8) is 0 Å². The van der Waals surface area contributed by atoms with Crippen LogP contribution < -0.4 is 0 Å². The van der Waals surface area contributed by atoms with E-state index in [2.05, 4.69) is 0 Å². The summed E-state index contributed by atoms with van der Waals surface area (Å²) in [6.45, 7) is 3.85. The van der Waals surface area contributed by atoms with Crippen molar-refractivity contribution < 1.29 is 14.3 Å². The van der Waals surface area contributed by atoms with Crippen molar-refractivity contribution in [1.82, 2.24) is 0 Å². The van der Waals surface area contributed by atoms with Crippen LogP contribution in [0.3, 0.4) is 0 Å². The fourth-order valence-electron chi connectivity index (χ4n) is 3.21. The van der Waals surface area contributed by atoms with Gasteiger partial charge in [0, 0.05) is 5.92 Å². The molecular weight excluding hydrogens is 324 g/mol. The number of Topliss-reactive ketones (excluding diaryl/α,β-unsaturated/α-hetero) is 1. The van der Waals surface area contributed by atoms with Crippen LogP contribution in [0.4, 0.5) is 0 Å². The number of benzene rings is 2. The second kappa shape index (κ2) is 10.5. The second-order valence-electron chi connectivity index (χ2n) is 6.71. The Morgan fingerprint density at radius 1 is 0.808 bits per heavy atom. The summed E-state index contributed by atoms with van der Waals surface area (Å²) in [5, 5.41) is 0. The van der Waals surface area contributed by atoms with E-state index < -0.39 is 0 Å². The van der Waals surface area contributed by atoms with Gasteiger partial charge in [-0.2, -0.15) is 0 Å². The summed E-state index contributed by atoms with van der Waals surface area (Å²) in [5.41, 5.74) is 2.27. The predicted octanol–water partition coefficient (Wildman–Crippen LogP) is 4.64. The molecule has 0 amide bonds. The summed E-state index contributed by atoms with van der Waals surface area (Å²) in [5.74, 6) is -0.269. The summed E-state index contributed by atoms with van der Waals surface area (Å²) in [6, 6.07) is 20.0. The maximum atomic E-state index is 12.4. The number of ketones is 1. The molecule has 0 saturated carbocycles. The number of esters is 1. The Hall–Kier alpha value is -2.42. The van der Waals surface area contributed by atoms with Crippen molar-refractivity contribution in [2.45, 2.75) is 39.5 Å². The molecule has 0 bridgehead atoms. The van der Waals surface area contributed by atoms with Crippen molar-refractivity contribution in [1.29, 1.82) is 0 Å². The van der Waals surface area contributed by atoms with Crippen molar-refractivity contribution in [3.8, 4) is 0 Å². The van der Waals surface area contributed by atoms with E-state index >= 15 is 0 Å². The summed E-state index contributed by atoms with van der Waals surface area (Å²) < 4.78 is 5.26. The number of hydrogen-bond acceptors (Lipinski definition) is 3. The Labute approximate surface area is 156 Å². The standard InChI is InChI=1S/C23H28O3/c1-3-26-23(25)22(17-20-12-8-5-9-13-20)15-14-21(18(2)24)16-19-10-6-4-7-11-19/h4-13,21-22H,3,14-17H2,1-2H3. The zero-order valence-electron chi connectivity index (χ0n) is 15.7. The third-order valence-electron chi connectivity index (χ3n) is 4.71. The highest BCUT2D eigenvalue weighted by Crippen LogP contribution is 2.22. The number of carbonyl (C=O) groups is 2. The van der Waals surface area contributed by atoms with E-state index in [1.54, 1.807) is 6.92 Å². The molecular formula is C23H28O3. The molecule has 0 aliphatic carbocycles. The van der Waals surface area contributed by atoms with E-state index in [1.807, 2.05) is 67.6 Å². The maximum Gasteiger partial charge on any atom is 0.309 e. The van der Waals surface area contributed by atoms with Gasteiger partial charge in [0.25, 0.3) is 0 Å². The zero-order valence-corrected chi connectivity index (χ0v) is 15.7. The van der Waals surface area contributed by atoms with Gasteiger partial charge in [0.05, 0.1) is 12.5 Å². The minimum absolute atomic E-state index is 0.0647. The molecule has 0 spiro atoms. The van der Waals surface area contributed by atoms with Crippen LogP contribution in [-0.2, 0) is 27.2 Å². The number of hydrogen-bond donors (Lipinski definition) is 0. The summed E-state index contributed by atoms with van der Waals surface area (Å²) in [4.78, 5) is 24.5. The molecule has 3 heteroatoms. The fraction of sp³-hybridized carbons (Fsp3) is 0.391. The highest BCUT2D eigenvalue weighted by Gasteiger charge is 2.23. The first-order valence-electron chi connectivity index (χ1n) is 9.35. The lowest BCUT2D eigenvalue weighted by Gasteiger charge is -2.19. The van der Waals surface area contributed by atoms with Gasteiger partial charge in [0.15, 0.2) is 0 Å². The van der Waals surface area contributed by atoms with E-state index in [0.29, 0.717) is 25.9 Å². The molecule has 2 atom stereocenters. The van der Waals surface area contributed by atoms with Crippen LogP contribution >= 0.6 is 0 Å². The fourth-order valence-corrected chi connectivity index (χ4v) is 3.21. The lowest BCUT2D eigenvalue weighted by atomic mass is 9.86. The topological polar surface area (TPSA) is 43.4 Å². The van der Waals surface area contributed by atoms with E-state index in [-0.39, 0.29) is 23.6 Å². The SMILES string of the molecule is CCOC(=O)C(CCC(Cc1ccccc1)C(C)=O)Cc1ccccc1. The average molecular weight is 352 g/mol. The Kier molecular flexibility index (Phi) is 8.07. The molecule has 0 radical (unpaired) electrons. The Balaban J connectivity index is 2.02. The predicted molar refractivity (Wildman–Crippen MR) is 104 cm³/mol. The van der Waals surface area contributed by atoms with Gasteiger partial charge in [0.1, 0.15) is 5.78 Å². The molecule has 0 aliphatic rings. The molecule has 0 fully saturated rings. The second-order valence-corrected chi connectivity index (χ2v) is 6.71. The summed E-state index contributed by atoms with van der Waals surface area (Å²) in [6.07, 6.45) is 2.72. The molecule has 138 valence electrons. The van der Waals surface area contributed by atoms with Gasteiger partial charge in [-0.1, -0.05) is 60.7 Å². The van der Waals surface area contributed by atoms with Gasteiger partial charge in [-0.15, -0.1) is 0 Å². The molecule has 2 aromatic rings. The monoisotopic (exact) mass is 352 g/mol. The van der Waals surface area contributed by atoms with E-state index in [0.717, 1.165) is 17.5 Å². The smallest absolute Gasteiger partial charge is 0.309 e. The lowest BCUT2D eigenvalue weighted by Crippen LogP contribution is -2.23. The van der Waals surface area contributed by atoms with Crippen molar-refractivity contribution >= 4 is 11.8 Å². The molecule has 2 rings (SSSR count). The molecule has 0 heterocycles. The minimum atomic E-state index is -0.213. The largest absolute Gasteiger partial charge is 0.466 e. The number of rotatable bonds is 10. The molecule has 2 aromatic carbocycles. The van der Waals surface area contributed by atoms with Crippen LogP contribution in [0.1, 0.15) is 37.8 Å². The van der Waals surface area contributed by atoms with Gasteiger partial charge < -0.3 is 4.74 Å². The summed E-state index contributed by atoms with van der Waals surface area (Å²) >= 11 is 0. The van der Waals surface area contributed by atoms with Crippen LogP contribution in [0.25, 0.3) is 0 Å². The molecule has 26 heavy (non-hydrogen) atoms. The van der Waals surface area contributed by atoms with Crippen LogP contribution in [-0.4, -0.2) is 18.4 Å². The lowest BCUT2D eigenvalue weighted by molar-refractivity contribution is -0.148. The average Bonchev–Trinajstić information content (AvgIpc) is 2.65. The van der Waals surface area contributed by atoms with Crippen LogP contribution in [0, 0.1) is 11.8 Å². The molecule has 0 saturated heterocycles. The van der Waals surface area contributed by atoms with E-state index in [1.165, 1.54) is 0 Å². The van der Waals surface area contributed by atoms with Gasteiger partial charge in [-0.05, 0) is 50.7 Å². The van der Waals surface area contributed by atoms with Crippen molar-refractivity contribution in [2.75, 3.05) is 6.61 Å². The van der Waals surface area contributed by atoms with E-state index in [4.69, 9.17) is 4.74 Å². The van der Waals surface area contributed by atoms with Crippen molar-refractivity contribution in [3.05, 3.63) is 71.8 Å². The maximum absolute atomic E-state index is 12.4. The van der Waals surface area contributed by atoms with E-state index in [9.17, 15) is 9.59 Å². The van der Waals surface area contributed by atoms with Gasteiger partial charge in [0.2, 0.25) is 0 Å². The van der Waals surface area contributed by atoms with Gasteiger partial charge >= 0.3 is 5.97 Å². The van der Waals surface area contributed by atoms with Crippen molar-refractivity contribution in [2.24, 2.45) is 11.8 Å². The Morgan fingerprint density at radius 3 is 1.73 bits per heavy atom. The number of ether oxygens (including phenoxy) is 1. The first-order chi connectivity index (χ1) is 12.6. The van der Waals surface area contributed by atoms with Crippen LogP contribution in [0.5, 0.6) is 0 Å². The molecule has 0 aromatic heterocycles. The molecule has 0 N–H and O–H groups in total. The van der Waals surface area contributed by atoms with Gasteiger partial charge in [-0.3, -0.25) is 9.59 Å². The zero-order chi connectivity index (χ0) is 18.8.